The van der Waals surface area contributed by atoms with Crippen LogP contribution in [0.1, 0.15) is 50.7 Å². The van der Waals surface area contributed by atoms with Crippen molar-refractivity contribution in [2.24, 2.45) is 5.92 Å². The highest BCUT2D eigenvalue weighted by Crippen LogP contribution is 2.22. The number of allylic oxidation sites excluding steroid dienone is 1. The quantitative estimate of drug-likeness (QED) is 0.453. The van der Waals surface area contributed by atoms with Crippen molar-refractivity contribution in [1.29, 1.82) is 0 Å². The molecule has 0 unspecified atom stereocenters. The van der Waals surface area contributed by atoms with Gasteiger partial charge in [0.1, 0.15) is 5.82 Å². The van der Waals surface area contributed by atoms with Gasteiger partial charge < -0.3 is 15.1 Å². The molecule has 2 aliphatic heterocycles. The van der Waals surface area contributed by atoms with Crippen LogP contribution in [-0.4, -0.2) is 42.6 Å². The number of rotatable bonds is 8. The van der Waals surface area contributed by atoms with E-state index in [1.165, 1.54) is 31.2 Å². The predicted molar refractivity (Wildman–Crippen MR) is 149 cm³/mol. The average molecular weight is 461 g/mol. The highest BCUT2D eigenvalue weighted by atomic mass is 15.2. The van der Waals surface area contributed by atoms with E-state index in [0.717, 1.165) is 62.1 Å². The van der Waals surface area contributed by atoms with Gasteiger partial charge in [-0.3, -0.25) is 0 Å². The lowest BCUT2D eigenvalue weighted by Gasteiger charge is -2.31. The molecule has 0 saturated carbocycles. The smallest absolute Gasteiger partial charge is 0.129 e. The summed E-state index contributed by atoms with van der Waals surface area (Å²) in [7, 11) is 0. The number of nitrogens with one attached hydrogen (secondary N) is 1. The topological polar surface area (TPSA) is 31.4 Å². The van der Waals surface area contributed by atoms with Crippen LogP contribution in [0.3, 0.4) is 0 Å². The van der Waals surface area contributed by atoms with Crippen LogP contribution in [0, 0.1) is 5.92 Å². The van der Waals surface area contributed by atoms with E-state index in [2.05, 4.69) is 64.1 Å². The third kappa shape index (κ3) is 9.09. The summed E-state index contributed by atoms with van der Waals surface area (Å²) in [5.41, 5.74) is 3.50. The molecule has 0 atom stereocenters. The van der Waals surface area contributed by atoms with Gasteiger partial charge in [-0.05, 0) is 61.9 Å². The Morgan fingerprint density at radius 2 is 1.71 bits per heavy atom. The lowest BCUT2D eigenvalue weighted by molar-refractivity contribution is 0.243. The maximum absolute atomic E-state index is 4.51. The molecule has 4 nitrogen and oxygen atoms in total. The Bertz CT molecular complexity index is 847. The largest absolute Gasteiger partial charge is 0.385 e. The molecule has 1 N–H and O–H groups in total. The maximum Gasteiger partial charge on any atom is 0.129 e. The van der Waals surface area contributed by atoms with Crippen LogP contribution in [0.15, 0.2) is 80.7 Å². The van der Waals surface area contributed by atoms with Crippen LogP contribution < -0.4 is 10.2 Å². The fourth-order valence-electron chi connectivity index (χ4n) is 4.22. The van der Waals surface area contributed by atoms with Gasteiger partial charge in [0.15, 0.2) is 0 Å². The van der Waals surface area contributed by atoms with Gasteiger partial charge in [0.2, 0.25) is 0 Å². The van der Waals surface area contributed by atoms with Crippen LogP contribution in [-0.2, 0) is 6.42 Å². The molecule has 1 aromatic carbocycles. The van der Waals surface area contributed by atoms with E-state index in [4.69, 9.17) is 0 Å². The fourth-order valence-corrected chi connectivity index (χ4v) is 4.22. The van der Waals surface area contributed by atoms with E-state index in [1.54, 1.807) is 0 Å². The SMILES string of the molecule is C=CCc1ccccc1.C=CN1CCC(CNC(=C)c2ccnc(N3CCCC3)c2)CC1.CC. The molecule has 2 aromatic rings. The number of nitrogens with zero attached hydrogens (tertiary/aromatic N) is 3. The molecule has 34 heavy (non-hydrogen) atoms. The number of aromatic nitrogens is 1. The van der Waals surface area contributed by atoms with Crippen molar-refractivity contribution in [2.45, 2.75) is 46.0 Å². The molecule has 4 rings (SSSR count). The third-order valence-corrected chi connectivity index (χ3v) is 6.26. The summed E-state index contributed by atoms with van der Waals surface area (Å²) >= 11 is 0. The number of anilines is 1. The fraction of sp³-hybridized carbons (Fsp3) is 0.433. The first-order valence-corrected chi connectivity index (χ1v) is 12.8. The zero-order valence-corrected chi connectivity index (χ0v) is 21.4. The van der Waals surface area contributed by atoms with Gasteiger partial charge in [-0.15, -0.1) is 6.58 Å². The van der Waals surface area contributed by atoms with Crippen molar-refractivity contribution in [2.75, 3.05) is 37.6 Å². The molecule has 0 amide bonds. The molecule has 4 heteroatoms. The van der Waals surface area contributed by atoms with E-state index >= 15 is 0 Å². The number of benzene rings is 1. The zero-order chi connectivity index (χ0) is 24.6. The second-order valence-electron chi connectivity index (χ2n) is 8.60. The first-order valence-electron chi connectivity index (χ1n) is 12.8. The summed E-state index contributed by atoms with van der Waals surface area (Å²) < 4.78 is 0. The van der Waals surface area contributed by atoms with Crippen molar-refractivity contribution < 1.29 is 0 Å². The van der Waals surface area contributed by atoms with Gasteiger partial charge in [-0.1, -0.05) is 63.4 Å². The molecule has 0 spiro atoms. The number of hydrogen-bond donors (Lipinski definition) is 1. The number of piperidine rings is 1. The number of hydrogen-bond acceptors (Lipinski definition) is 4. The van der Waals surface area contributed by atoms with Gasteiger partial charge in [-0.25, -0.2) is 4.98 Å². The maximum atomic E-state index is 4.51. The Labute approximate surface area is 208 Å². The van der Waals surface area contributed by atoms with Gasteiger partial charge >= 0.3 is 0 Å². The van der Waals surface area contributed by atoms with E-state index in [9.17, 15) is 0 Å². The van der Waals surface area contributed by atoms with E-state index < -0.39 is 0 Å². The second kappa shape index (κ2) is 15.8. The molecule has 0 aliphatic carbocycles. The summed E-state index contributed by atoms with van der Waals surface area (Å²) in [6.45, 7) is 21.2. The average Bonchev–Trinajstić information content (AvgIpc) is 3.45. The molecule has 0 bridgehead atoms. The Morgan fingerprint density at radius 3 is 2.32 bits per heavy atom. The van der Waals surface area contributed by atoms with Crippen LogP contribution in [0.5, 0.6) is 0 Å². The van der Waals surface area contributed by atoms with Gasteiger partial charge in [0, 0.05) is 50.2 Å². The summed E-state index contributed by atoms with van der Waals surface area (Å²) in [4.78, 5) is 9.18. The van der Waals surface area contributed by atoms with Gasteiger partial charge in [-0.2, -0.15) is 0 Å². The minimum absolute atomic E-state index is 0.725. The zero-order valence-electron chi connectivity index (χ0n) is 21.4. The van der Waals surface area contributed by atoms with Gasteiger partial charge in [0.05, 0.1) is 0 Å². The molecule has 184 valence electrons. The molecule has 3 heterocycles. The van der Waals surface area contributed by atoms with Crippen molar-refractivity contribution in [3.63, 3.8) is 0 Å². The van der Waals surface area contributed by atoms with Crippen molar-refractivity contribution in [3.05, 3.63) is 91.8 Å². The van der Waals surface area contributed by atoms with Crippen molar-refractivity contribution >= 4 is 11.5 Å². The molecule has 2 fully saturated rings. The Morgan fingerprint density at radius 1 is 1.03 bits per heavy atom. The molecule has 0 radical (unpaired) electrons. The summed E-state index contributed by atoms with van der Waals surface area (Å²) in [6, 6.07) is 14.5. The van der Waals surface area contributed by atoms with Crippen LogP contribution in [0.2, 0.25) is 0 Å². The van der Waals surface area contributed by atoms with Crippen molar-refractivity contribution in [1.82, 2.24) is 15.2 Å². The Kier molecular flexibility index (Phi) is 12.6. The van der Waals surface area contributed by atoms with Crippen LogP contribution in [0.25, 0.3) is 5.70 Å². The lowest BCUT2D eigenvalue weighted by atomic mass is 9.97. The summed E-state index contributed by atoms with van der Waals surface area (Å²) in [6.07, 6.45) is 11.7. The van der Waals surface area contributed by atoms with Crippen LogP contribution in [0.4, 0.5) is 5.82 Å². The molecule has 2 aliphatic rings. The predicted octanol–water partition coefficient (Wildman–Crippen LogP) is 6.54. The molecule has 1 aromatic heterocycles. The standard InChI is InChI=1S/C19H28N4.C9H10.C2H6/c1-3-22-12-7-17(8-13-22)15-21-16(2)18-6-9-20-19(14-18)23-10-4-5-11-23;1-2-6-9-7-4-3-5-8-9;1-2/h3,6,9,14,17,21H,1-2,4-5,7-8,10-13,15H2;2-5,7-8H,1,6H2;1-2H3. The van der Waals surface area contributed by atoms with E-state index in [0.29, 0.717) is 0 Å². The molecule has 2 saturated heterocycles. The Balaban J connectivity index is 0.000000311. The lowest BCUT2D eigenvalue weighted by Crippen LogP contribution is -2.33. The first kappa shape index (κ1) is 27.2. The van der Waals surface area contributed by atoms with Gasteiger partial charge in [0.25, 0.3) is 0 Å². The number of pyridine rings is 1. The second-order valence-corrected chi connectivity index (χ2v) is 8.60. The summed E-state index contributed by atoms with van der Waals surface area (Å²) in [5.74, 6) is 1.81. The summed E-state index contributed by atoms with van der Waals surface area (Å²) in [5, 5.41) is 3.53. The van der Waals surface area contributed by atoms with Crippen molar-refractivity contribution in [3.8, 4) is 0 Å². The first-order chi connectivity index (χ1) is 16.7. The highest BCUT2D eigenvalue weighted by molar-refractivity contribution is 5.64. The minimum Gasteiger partial charge on any atom is -0.385 e. The minimum atomic E-state index is 0.725. The third-order valence-electron chi connectivity index (χ3n) is 6.26. The van der Waals surface area contributed by atoms with E-state index in [-0.39, 0.29) is 0 Å². The van der Waals surface area contributed by atoms with E-state index in [1.807, 2.05) is 50.5 Å². The number of likely N-dealkylation sites (tertiary alicyclic amines) is 1. The normalized spacial score (nSPS) is 15.4. The van der Waals surface area contributed by atoms with Crippen LogP contribution >= 0.6 is 0 Å². The highest BCUT2D eigenvalue weighted by Gasteiger charge is 2.17. The Hall–Kier alpha value is -3.01. The monoisotopic (exact) mass is 460 g/mol. The molecular weight excluding hydrogens is 416 g/mol. The molecular formula is C30H44N4.